The molecule has 0 fully saturated rings. The predicted molar refractivity (Wildman–Crippen MR) is 116 cm³/mol. The molecule has 0 atom stereocenters. The molecule has 148 valence electrons. The number of benzene rings is 1. The number of hydrogen-bond donors (Lipinski definition) is 3. The number of nitrogens with zero attached hydrogens (tertiary/aromatic N) is 1. The van der Waals surface area contributed by atoms with Gasteiger partial charge in [-0.3, -0.25) is 4.99 Å². The molecule has 0 saturated carbocycles. The lowest BCUT2D eigenvalue weighted by molar-refractivity contribution is 0.0529. The first-order valence-corrected chi connectivity index (χ1v) is 8.36. The Hall–Kier alpha value is -1.42. The maximum absolute atomic E-state index is 11.5. The van der Waals surface area contributed by atoms with E-state index in [2.05, 4.69) is 20.9 Å². The van der Waals surface area contributed by atoms with Gasteiger partial charge in [-0.1, -0.05) is 17.7 Å². The van der Waals surface area contributed by atoms with E-state index in [0.717, 1.165) is 5.56 Å². The molecule has 1 amide bonds. The Morgan fingerprint density at radius 1 is 1.19 bits per heavy atom. The third-order valence-corrected chi connectivity index (χ3v) is 3.24. The highest BCUT2D eigenvalue weighted by Gasteiger charge is 2.15. The second-order valence-electron chi connectivity index (χ2n) is 6.24. The van der Waals surface area contributed by atoms with E-state index in [1.54, 1.807) is 20.2 Å². The first-order chi connectivity index (χ1) is 11.7. The molecule has 0 saturated heterocycles. The SMILES string of the molecule is CN=C(NCCNC(=O)OC(C)(C)C)NCc1ccc(Cl)cc1OC.I. The van der Waals surface area contributed by atoms with Crippen LogP contribution in [-0.4, -0.2) is 44.9 Å². The molecule has 0 aromatic heterocycles. The third kappa shape index (κ3) is 9.91. The number of amides is 1. The zero-order chi connectivity index (χ0) is 18.9. The van der Waals surface area contributed by atoms with E-state index in [4.69, 9.17) is 21.1 Å². The van der Waals surface area contributed by atoms with Crippen LogP contribution in [0.25, 0.3) is 0 Å². The molecule has 1 aromatic rings. The number of hydrogen-bond acceptors (Lipinski definition) is 4. The van der Waals surface area contributed by atoms with Gasteiger partial charge in [0.25, 0.3) is 0 Å². The van der Waals surface area contributed by atoms with Crippen LogP contribution in [0.1, 0.15) is 26.3 Å². The summed E-state index contributed by atoms with van der Waals surface area (Å²) in [5.74, 6) is 1.32. The van der Waals surface area contributed by atoms with Crippen molar-refractivity contribution in [1.82, 2.24) is 16.0 Å². The zero-order valence-electron chi connectivity index (χ0n) is 15.8. The molecule has 3 N–H and O–H groups in total. The first kappa shape index (κ1) is 24.6. The first-order valence-electron chi connectivity index (χ1n) is 7.99. The lowest BCUT2D eigenvalue weighted by Gasteiger charge is -2.20. The molecule has 0 spiro atoms. The molecule has 0 radical (unpaired) electrons. The largest absolute Gasteiger partial charge is 0.496 e. The Morgan fingerprint density at radius 2 is 1.85 bits per heavy atom. The summed E-state index contributed by atoms with van der Waals surface area (Å²) in [6, 6.07) is 5.47. The molecule has 0 aliphatic rings. The van der Waals surface area contributed by atoms with Crippen molar-refractivity contribution in [3.8, 4) is 5.75 Å². The summed E-state index contributed by atoms with van der Waals surface area (Å²) >= 11 is 5.95. The van der Waals surface area contributed by atoms with Crippen LogP contribution in [0.4, 0.5) is 4.79 Å². The van der Waals surface area contributed by atoms with E-state index in [-0.39, 0.29) is 24.0 Å². The second-order valence-corrected chi connectivity index (χ2v) is 6.67. The van der Waals surface area contributed by atoms with Gasteiger partial charge in [-0.2, -0.15) is 0 Å². The van der Waals surface area contributed by atoms with E-state index >= 15 is 0 Å². The number of rotatable bonds is 6. The predicted octanol–water partition coefficient (Wildman–Crippen LogP) is 3.16. The van der Waals surface area contributed by atoms with Crippen molar-refractivity contribution in [3.63, 3.8) is 0 Å². The molecule has 0 aliphatic carbocycles. The quantitative estimate of drug-likeness (QED) is 0.243. The molecule has 0 heterocycles. The molecule has 0 aliphatic heterocycles. The maximum atomic E-state index is 11.5. The van der Waals surface area contributed by atoms with Crippen molar-refractivity contribution in [2.75, 3.05) is 27.2 Å². The van der Waals surface area contributed by atoms with Crippen LogP contribution >= 0.6 is 35.6 Å². The van der Waals surface area contributed by atoms with Crippen molar-refractivity contribution in [2.24, 2.45) is 4.99 Å². The molecule has 0 bridgehead atoms. The minimum absolute atomic E-state index is 0. The highest BCUT2D eigenvalue weighted by Crippen LogP contribution is 2.22. The van der Waals surface area contributed by atoms with E-state index < -0.39 is 11.7 Å². The summed E-state index contributed by atoms with van der Waals surface area (Å²) in [4.78, 5) is 15.7. The van der Waals surface area contributed by atoms with Gasteiger partial charge in [0, 0.05) is 37.3 Å². The number of carbonyl (C=O) groups is 1. The lowest BCUT2D eigenvalue weighted by Crippen LogP contribution is -2.42. The minimum Gasteiger partial charge on any atom is -0.496 e. The summed E-state index contributed by atoms with van der Waals surface area (Å²) in [5.41, 5.74) is 0.453. The van der Waals surface area contributed by atoms with Crippen LogP contribution in [0.3, 0.4) is 0 Å². The second kappa shape index (κ2) is 12.1. The lowest BCUT2D eigenvalue weighted by atomic mass is 10.2. The molecule has 1 rings (SSSR count). The van der Waals surface area contributed by atoms with Crippen LogP contribution in [0, 0.1) is 0 Å². The Morgan fingerprint density at radius 3 is 2.42 bits per heavy atom. The maximum Gasteiger partial charge on any atom is 0.407 e. The van der Waals surface area contributed by atoms with Crippen LogP contribution in [0.2, 0.25) is 5.02 Å². The normalized spacial score (nSPS) is 11.2. The van der Waals surface area contributed by atoms with Gasteiger partial charge in [0.15, 0.2) is 5.96 Å². The van der Waals surface area contributed by atoms with Crippen molar-refractivity contribution in [3.05, 3.63) is 28.8 Å². The van der Waals surface area contributed by atoms with Crippen LogP contribution in [0.5, 0.6) is 5.75 Å². The smallest absolute Gasteiger partial charge is 0.407 e. The number of nitrogens with one attached hydrogen (secondary N) is 3. The fourth-order valence-electron chi connectivity index (χ4n) is 1.92. The summed E-state index contributed by atoms with van der Waals surface area (Å²) in [6.45, 7) is 6.92. The van der Waals surface area contributed by atoms with E-state index in [1.807, 2.05) is 32.9 Å². The molecule has 7 nitrogen and oxygen atoms in total. The van der Waals surface area contributed by atoms with Gasteiger partial charge in [0.05, 0.1) is 7.11 Å². The Balaban J connectivity index is 0.00000625. The summed E-state index contributed by atoms with van der Waals surface area (Å²) in [7, 11) is 3.28. The topological polar surface area (TPSA) is 84.0 Å². The van der Waals surface area contributed by atoms with Gasteiger partial charge in [-0.05, 0) is 32.9 Å². The Bertz CT molecular complexity index is 606. The Kier molecular flexibility index (Phi) is 11.4. The van der Waals surface area contributed by atoms with Gasteiger partial charge in [0.2, 0.25) is 0 Å². The molecular weight excluding hydrogens is 471 g/mol. The molecule has 0 unspecified atom stereocenters. The number of methoxy groups -OCH3 is 1. The van der Waals surface area contributed by atoms with Gasteiger partial charge < -0.3 is 25.4 Å². The highest BCUT2D eigenvalue weighted by molar-refractivity contribution is 14.0. The average Bonchev–Trinajstić information content (AvgIpc) is 2.53. The van der Waals surface area contributed by atoms with Crippen molar-refractivity contribution in [2.45, 2.75) is 32.9 Å². The Labute approximate surface area is 177 Å². The molecule has 1 aromatic carbocycles. The van der Waals surface area contributed by atoms with Crippen LogP contribution < -0.4 is 20.7 Å². The molecule has 9 heteroatoms. The number of ether oxygens (including phenoxy) is 2. The van der Waals surface area contributed by atoms with E-state index in [1.165, 1.54) is 0 Å². The molecular formula is C17H28ClIN4O3. The number of carbonyl (C=O) groups excluding carboxylic acids is 1. The number of alkyl carbamates (subject to hydrolysis) is 1. The average molecular weight is 499 g/mol. The van der Waals surface area contributed by atoms with E-state index in [9.17, 15) is 4.79 Å². The van der Waals surface area contributed by atoms with Gasteiger partial charge in [-0.25, -0.2) is 4.79 Å². The number of halogens is 2. The minimum atomic E-state index is -0.507. The third-order valence-electron chi connectivity index (χ3n) is 3.00. The summed E-state index contributed by atoms with van der Waals surface area (Å²) < 4.78 is 10.5. The molecule has 26 heavy (non-hydrogen) atoms. The van der Waals surface area contributed by atoms with Crippen molar-refractivity contribution < 1.29 is 14.3 Å². The van der Waals surface area contributed by atoms with Crippen molar-refractivity contribution in [1.29, 1.82) is 0 Å². The van der Waals surface area contributed by atoms with Gasteiger partial charge in [0.1, 0.15) is 11.4 Å². The number of aliphatic imine (C=N–C) groups is 1. The van der Waals surface area contributed by atoms with Crippen LogP contribution in [-0.2, 0) is 11.3 Å². The van der Waals surface area contributed by atoms with Crippen LogP contribution in [0.15, 0.2) is 23.2 Å². The highest BCUT2D eigenvalue weighted by atomic mass is 127. The fourth-order valence-corrected chi connectivity index (χ4v) is 2.09. The van der Waals surface area contributed by atoms with Gasteiger partial charge >= 0.3 is 6.09 Å². The summed E-state index contributed by atoms with van der Waals surface area (Å²) in [5, 5.41) is 9.58. The monoisotopic (exact) mass is 498 g/mol. The summed E-state index contributed by atoms with van der Waals surface area (Å²) in [6.07, 6.45) is -0.442. The standard InChI is InChI=1S/C17H27ClN4O3.HI/c1-17(2,3)25-16(23)21-9-8-20-15(19-4)22-11-12-6-7-13(18)10-14(12)24-5;/h6-7,10H,8-9,11H2,1-5H3,(H,21,23)(H2,19,20,22);1H. The number of guanidine groups is 1. The zero-order valence-corrected chi connectivity index (χ0v) is 18.9. The van der Waals surface area contributed by atoms with Crippen molar-refractivity contribution >= 4 is 47.6 Å². The van der Waals surface area contributed by atoms with E-state index in [0.29, 0.717) is 36.4 Å². The fraction of sp³-hybridized carbons (Fsp3) is 0.529. The van der Waals surface area contributed by atoms with Gasteiger partial charge in [-0.15, -0.1) is 24.0 Å².